The van der Waals surface area contributed by atoms with Crippen molar-refractivity contribution >= 4 is 11.9 Å². The van der Waals surface area contributed by atoms with E-state index in [9.17, 15) is 14.0 Å². The molecule has 2 aliphatic heterocycles. The van der Waals surface area contributed by atoms with Gasteiger partial charge in [-0.05, 0) is 54.2 Å². The lowest BCUT2D eigenvalue weighted by Crippen LogP contribution is -2.38. The number of benzene rings is 2. The molecule has 1 aromatic heterocycles. The van der Waals surface area contributed by atoms with E-state index in [4.69, 9.17) is 10.2 Å². The number of piperidine rings is 1. The second-order valence-corrected chi connectivity index (χ2v) is 9.03. The van der Waals surface area contributed by atoms with E-state index >= 15 is 0 Å². The molecule has 0 unspecified atom stereocenters. The summed E-state index contributed by atoms with van der Waals surface area (Å²) in [5.74, 6) is 0.350. The molecule has 34 heavy (non-hydrogen) atoms. The molecule has 8 heteroatoms. The second-order valence-electron chi connectivity index (χ2n) is 9.03. The van der Waals surface area contributed by atoms with Crippen molar-refractivity contribution in [3.05, 3.63) is 69.3 Å². The zero-order chi connectivity index (χ0) is 24.0. The average Bonchev–Trinajstić information content (AvgIpc) is 3.21. The number of carbonyl (C=O) groups excluding carboxylic acids is 1. The first-order valence-corrected chi connectivity index (χ1v) is 11.3. The summed E-state index contributed by atoms with van der Waals surface area (Å²) < 4.78 is 16.1. The molecular formula is C26H24FN5O2. The van der Waals surface area contributed by atoms with Crippen LogP contribution in [0, 0.1) is 23.1 Å². The van der Waals surface area contributed by atoms with Crippen LogP contribution in [0.2, 0.25) is 0 Å². The third-order valence-electron chi connectivity index (χ3n) is 6.77. The Hall–Kier alpha value is -3.99. The van der Waals surface area contributed by atoms with Gasteiger partial charge in [-0.25, -0.2) is 9.37 Å². The van der Waals surface area contributed by atoms with Gasteiger partial charge >= 0.3 is 0 Å². The number of fused-ring (bicyclic) bond motifs is 1. The van der Waals surface area contributed by atoms with Crippen molar-refractivity contribution in [3.8, 4) is 28.5 Å². The van der Waals surface area contributed by atoms with Crippen LogP contribution < -0.4 is 15.8 Å². The van der Waals surface area contributed by atoms with Gasteiger partial charge in [0.25, 0.3) is 11.5 Å². The van der Waals surface area contributed by atoms with Crippen LogP contribution in [0.4, 0.5) is 10.3 Å². The maximum Gasteiger partial charge on any atom is 0.263 e. The molecule has 1 saturated heterocycles. The molecule has 0 saturated carbocycles. The van der Waals surface area contributed by atoms with E-state index in [1.807, 2.05) is 12.1 Å². The normalized spacial score (nSPS) is 15.7. The molecule has 0 spiro atoms. The number of hydrogen-bond acceptors (Lipinski definition) is 5. The maximum atomic E-state index is 14.6. The predicted octanol–water partition coefficient (Wildman–Crippen LogP) is 3.60. The molecule has 1 amide bonds. The molecule has 2 aromatic carbocycles. The summed E-state index contributed by atoms with van der Waals surface area (Å²) in [4.78, 5) is 32.7. The van der Waals surface area contributed by atoms with Gasteiger partial charge in [0.05, 0.1) is 16.8 Å². The minimum absolute atomic E-state index is 0.0681. The highest BCUT2D eigenvalue weighted by molar-refractivity contribution is 5.99. The lowest BCUT2D eigenvalue weighted by atomic mass is 9.96. The number of halogens is 1. The number of hydrogen-bond donors (Lipinski definition) is 1. The zero-order valence-corrected chi connectivity index (χ0v) is 19.1. The summed E-state index contributed by atoms with van der Waals surface area (Å²) in [6, 6.07) is 11.4. The molecule has 0 bridgehead atoms. The molecule has 1 fully saturated rings. The molecule has 3 aromatic rings. The number of nitriles is 1. The Bertz CT molecular complexity index is 1410. The Labute approximate surface area is 196 Å². The van der Waals surface area contributed by atoms with Gasteiger partial charge in [-0.2, -0.15) is 5.26 Å². The Morgan fingerprint density at radius 1 is 1.12 bits per heavy atom. The van der Waals surface area contributed by atoms with Crippen molar-refractivity contribution in [2.75, 3.05) is 18.0 Å². The Balaban J connectivity index is 1.73. The Morgan fingerprint density at radius 3 is 2.56 bits per heavy atom. The van der Waals surface area contributed by atoms with Gasteiger partial charge in [-0.15, -0.1) is 0 Å². The van der Waals surface area contributed by atoms with E-state index < -0.39 is 5.82 Å². The standard InChI is InChI=1S/C26H24FN5O2/c1-15-7-9-32(10-8-15)26-30-23(17-3-4-18(13-28)21(27)12-17)22(25(34)31(26)2)16-5-6-20-19(11-16)14-29-24(20)33/h3-6,11-12,15H,7-10,14H2,1-2H3,(H,29,33). The number of anilines is 1. The molecule has 172 valence electrons. The van der Waals surface area contributed by atoms with E-state index in [2.05, 4.69) is 17.1 Å². The summed E-state index contributed by atoms with van der Waals surface area (Å²) in [5.41, 5.74) is 2.80. The highest BCUT2D eigenvalue weighted by Gasteiger charge is 2.26. The highest BCUT2D eigenvalue weighted by atomic mass is 19.1. The van der Waals surface area contributed by atoms with Gasteiger partial charge in [-0.3, -0.25) is 14.2 Å². The molecule has 1 N–H and O–H groups in total. The van der Waals surface area contributed by atoms with E-state index in [-0.39, 0.29) is 17.0 Å². The smallest absolute Gasteiger partial charge is 0.263 e. The van der Waals surface area contributed by atoms with E-state index in [1.54, 1.807) is 29.8 Å². The van der Waals surface area contributed by atoms with Crippen LogP contribution in [0.1, 0.15) is 41.3 Å². The van der Waals surface area contributed by atoms with Crippen LogP contribution in [-0.2, 0) is 13.6 Å². The predicted molar refractivity (Wildman–Crippen MR) is 127 cm³/mol. The fourth-order valence-electron chi connectivity index (χ4n) is 4.69. The fourth-order valence-corrected chi connectivity index (χ4v) is 4.69. The van der Waals surface area contributed by atoms with Gasteiger partial charge in [-0.1, -0.05) is 19.1 Å². The summed E-state index contributed by atoms with van der Waals surface area (Å²) in [6.45, 7) is 4.18. The first-order chi connectivity index (χ1) is 16.4. The van der Waals surface area contributed by atoms with Crippen molar-refractivity contribution in [3.63, 3.8) is 0 Å². The van der Waals surface area contributed by atoms with Crippen LogP contribution >= 0.6 is 0 Å². The molecule has 2 aliphatic rings. The number of aromatic nitrogens is 2. The van der Waals surface area contributed by atoms with Gasteiger partial charge in [0, 0.05) is 37.8 Å². The summed E-state index contributed by atoms with van der Waals surface area (Å²) in [7, 11) is 1.70. The van der Waals surface area contributed by atoms with Crippen LogP contribution in [0.5, 0.6) is 0 Å². The Kier molecular flexibility index (Phi) is 5.40. The van der Waals surface area contributed by atoms with Gasteiger partial charge in [0.2, 0.25) is 5.95 Å². The number of nitrogens with zero attached hydrogens (tertiary/aromatic N) is 4. The van der Waals surface area contributed by atoms with Crippen LogP contribution in [-0.4, -0.2) is 28.5 Å². The number of nitrogens with one attached hydrogen (secondary N) is 1. The van der Waals surface area contributed by atoms with E-state index in [0.717, 1.165) is 31.5 Å². The summed E-state index contributed by atoms with van der Waals surface area (Å²) in [6.07, 6.45) is 2.01. The summed E-state index contributed by atoms with van der Waals surface area (Å²) >= 11 is 0. The lowest BCUT2D eigenvalue weighted by Gasteiger charge is -2.32. The van der Waals surface area contributed by atoms with Crippen LogP contribution in [0.15, 0.2) is 41.2 Å². The second kappa shape index (κ2) is 8.41. The SMILES string of the molecule is CC1CCN(c2nc(-c3ccc(C#N)c(F)c3)c(-c3ccc4c(c3)CNC4=O)c(=O)n2C)CC1. The van der Waals surface area contributed by atoms with Crippen molar-refractivity contribution in [2.24, 2.45) is 13.0 Å². The number of amides is 1. The highest BCUT2D eigenvalue weighted by Crippen LogP contribution is 2.33. The van der Waals surface area contributed by atoms with Crippen molar-refractivity contribution in [1.29, 1.82) is 5.26 Å². The zero-order valence-electron chi connectivity index (χ0n) is 19.1. The molecule has 0 atom stereocenters. The van der Waals surface area contributed by atoms with Gasteiger partial charge < -0.3 is 10.2 Å². The van der Waals surface area contributed by atoms with Crippen molar-refractivity contribution < 1.29 is 9.18 Å². The topological polar surface area (TPSA) is 91.0 Å². The van der Waals surface area contributed by atoms with E-state index in [1.165, 1.54) is 12.1 Å². The molecule has 5 rings (SSSR count). The molecule has 7 nitrogen and oxygen atoms in total. The van der Waals surface area contributed by atoms with Gasteiger partial charge in [0.15, 0.2) is 0 Å². The monoisotopic (exact) mass is 457 g/mol. The minimum atomic E-state index is -0.662. The minimum Gasteiger partial charge on any atom is -0.348 e. The van der Waals surface area contributed by atoms with Crippen molar-refractivity contribution in [1.82, 2.24) is 14.9 Å². The quantitative estimate of drug-likeness (QED) is 0.649. The largest absolute Gasteiger partial charge is 0.348 e. The number of rotatable bonds is 3. The van der Waals surface area contributed by atoms with E-state index in [0.29, 0.717) is 46.4 Å². The van der Waals surface area contributed by atoms with Crippen LogP contribution in [0.25, 0.3) is 22.4 Å². The van der Waals surface area contributed by atoms with Crippen molar-refractivity contribution in [2.45, 2.75) is 26.3 Å². The molecule has 3 heterocycles. The number of carbonyl (C=O) groups is 1. The first-order valence-electron chi connectivity index (χ1n) is 11.3. The fraction of sp³-hybridized carbons (Fsp3) is 0.308. The average molecular weight is 458 g/mol. The summed E-state index contributed by atoms with van der Waals surface area (Å²) in [5, 5.41) is 11.9. The molecular weight excluding hydrogens is 433 g/mol. The molecule has 0 aliphatic carbocycles. The third-order valence-corrected chi connectivity index (χ3v) is 6.77. The molecule has 0 radical (unpaired) electrons. The lowest BCUT2D eigenvalue weighted by molar-refractivity contribution is 0.0965. The van der Waals surface area contributed by atoms with Gasteiger partial charge in [0.1, 0.15) is 11.9 Å². The third kappa shape index (κ3) is 3.63. The first kappa shape index (κ1) is 21.8. The Morgan fingerprint density at radius 2 is 1.85 bits per heavy atom. The maximum absolute atomic E-state index is 14.6. The van der Waals surface area contributed by atoms with Crippen LogP contribution in [0.3, 0.4) is 0 Å².